The highest BCUT2D eigenvalue weighted by Gasteiger charge is 2.08. The number of rotatable bonds is 1. The third-order valence-corrected chi connectivity index (χ3v) is 1.88. The second kappa shape index (κ2) is 3.59. The molecule has 0 atom stereocenters. The maximum atomic E-state index is 9.90. The van der Waals surface area contributed by atoms with Crippen LogP contribution in [0.4, 0.5) is 5.69 Å². The fourth-order valence-corrected chi connectivity index (χ4v) is 1.13. The zero-order chi connectivity index (χ0) is 9.14. The first-order valence-electron chi connectivity index (χ1n) is 2.91. The number of phenolic OH excluding ortho intramolecular Hbond substituents is 1. The Bertz CT molecular complexity index is 359. The lowest BCUT2D eigenvalue weighted by Gasteiger charge is -2.00. The van der Waals surface area contributed by atoms with Gasteiger partial charge in [0.15, 0.2) is 0 Å². The third-order valence-electron chi connectivity index (χ3n) is 1.20. The van der Waals surface area contributed by atoms with Gasteiger partial charge in [-0.15, -0.1) is 0 Å². The van der Waals surface area contributed by atoms with Gasteiger partial charge in [0.2, 0.25) is 6.08 Å². The Hall–Kier alpha value is -1.02. The molecular formula is C7H3Cl2NO2. The van der Waals surface area contributed by atoms with Gasteiger partial charge in [-0.1, -0.05) is 23.2 Å². The number of halogens is 2. The van der Waals surface area contributed by atoms with Gasteiger partial charge in [-0.25, -0.2) is 4.79 Å². The second-order valence-corrected chi connectivity index (χ2v) is 2.72. The summed E-state index contributed by atoms with van der Waals surface area (Å²) in [5.41, 5.74) is 0.0355. The third kappa shape index (κ3) is 1.59. The summed E-state index contributed by atoms with van der Waals surface area (Å²) < 4.78 is 0. The lowest BCUT2D eigenvalue weighted by Crippen LogP contribution is -1.72. The van der Waals surface area contributed by atoms with Gasteiger partial charge in [0.05, 0.1) is 5.02 Å². The van der Waals surface area contributed by atoms with Crippen LogP contribution in [-0.2, 0) is 4.79 Å². The Morgan fingerprint density at radius 3 is 2.67 bits per heavy atom. The van der Waals surface area contributed by atoms with E-state index in [0.717, 1.165) is 0 Å². The molecule has 5 heteroatoms. The molecule has 0 fully saturated rings. The van der Waals surface area contributed by atoms with Gasteiger partial charge < -0.3 is 5.11 Å². The van der Waals surface area contributed by atoms with E-state index in [4.69, 9.17) is 28.3 Å². The molecule has 12 heavy (non-hydrogen) atoms. The van der Waals surface area contributed by atoms with Crippen LogP contribution in [0.15, 0.2) is 17.1 Å². The number of benzene rings is 1. The van der Waals surface area contributed by atoms with Crippen LogP contribution < -0.4 is 0 Å². The number of hydrogen-bond acceptors (Lipinski definition) is 3. The average molecular weight is 204 g/mol. The number of nitrogens with zero attached hydrogens (tertiary/aromatic N) is 1. The predicted molar refractivity (Wildman–Crippen MR) is 45.9 cm³/mol. The highest BCUT2D eigenvalue weighted by atomic mass is 35.5. The van der Waals surface area contributed by atoms with Crippen LogP contribution in [0.1, 0.15) is 0 Å². The number of aromatic hydroxyl groups is 1. The molecule has 0 amide bonds. The van der Waals surface area contributed by atoms with Crippen molar-refractivity contribution in [3.63, 3.8) is 0 Å². The molecule has 3 nitrogen and oxygen atoms in total. The molecule has 0 aliphatic carbocycles. The van der Waals surface area contributed by atoms with Crippen molar-refractivity contribution in [3.8, 4) is 5.75 Å². The molecule has 0 bridgehead atoms. The van der Waals surface area contributed by atoms with Crippen LogP contribution in [0, 0.1) is 0 Å². The fraction of sp³-hybridized carbons (Fsp3) is 0. The summed E-state index contributed by atoms with van der Waals surface area (Å²) in [6.07, 6.45) is 1.29. The minimum atomic E-state index is -0.171. The predicted octanol–water partition coefficient (Wildman–Crippen LogP) is 2.67. The van der Waals surface area contributed by atoms with E-state index in [2.05, 4.69) is 4.99 Å². The van der Waals surface area contributed by atoms with Gasteiger partial charge in [0.25, 0.3) is 0 Å². The SMILES string of the molecule is O=C=Nc1c(Cl)ccc(O)c1Cl. The molecule has 0 aliphatic rings. The molecule has 1 rings (SSSR count). The molecule has 0 heterocycles. The average Bonchev–Trinajstić information content (AvgIpc) is 2.06. The van der Waals surface area contributed by atoms with Crippen LogP contribution in [0.2, 0.25) is 10.0 Å². The number of isocyanates is 1. The summed E-state index contributed by atoms with van der Waals surface area (Å²) in [5.74, 6) is -0.171. The summed E-state index contributed by atoms with van der Waals surface area (Å²) in [7, 11) is 0. The van der Waals surface area contributed by atoms with E-state index in [0.29, 0.717) is 0 Å². The minimum absolute atomic E-state index is 0.0355. The number of carbonyl (C=O) groups excluding carboxylic acids is 1. The molecule has 1 aromatic rings. The van der Waals surface area contributed by atoms with Crippen molar-refractivity contribution < 1.29 is 9.90 Å². The van der Waals surface area contributed by atoms with Crippen molar-refractivity contribution in [3.05, 3.63) is 22.2 Å². The highest BCUT2D eigenvalue weighted by Crippen LogP contribution is 2.38. The fourth-order valence-electron chi connectivity index (χ4n) is 0.678. The minimum Gasteiger partial charge on any atom is -0.506 e. The van der Waals surface area contributed by atoms with E-state index >= 15 is 0 Å². The van der Waals surface area contributed by atoms with Crippen LogP contribution in [-0.4, -0.2) is 11.2 Å². The standard InChI is InChI=1S/C7H3Cl2NO2/c8-4-1-2-5(12)6(9)7(4)10-3-11/h1-2,12H. The number of phenols is 1. The largest absolute Gasteiger partial charge is 0.506 e. The van der Waals surface area contributed by atoms with Crippen LogP contribution in [0.5, 0.6) is 5.75 Å². The summed E-state index contributed by atoms with van der Waals surface area (Å²) in [5, 5.41) is 9.22. The molecular weight excluding hydrogens is 201 g/mol. The van der Waals surface area contributed by atoms with Gasteiger partial charge in [-0.3, -0.25) is 0 Å². The Labute approximate surface area is 78.3 Å². The summed E-state index contributed by atoms with van der Waals surface area (Å²) >= 11 is 11.2. The topological polar surface area (TPSA) is 49.7 Å². The van der Waals surface area contributed by atoms with E-state index < -0.39 is 0 Å². The monoisotopic (exact) mass is 203 g/mol. The first-order valence-corrected chi connectivity index (χ1v) is 3.67. The van der Waals surface area contributed by atoms with E-state index in [1.165, 1.54) is 18.2 Å². The van der Waals surface area contributed by atoms with Crippen LogP contribution in [0.3, 0.4) is 0 Å². The molecule has 1 aromatic carbocycles. The highest BCUT2D eigenvalue weighted by molar-refractivity contribution is 6.39. The molecule has 62 valence electrons. The smallest absolute Gasteiger partial charge is 0.240 e. The maximum Gasteiger partial charge on any atom is 0.240 e. The quantitative estimate of drug-likeness (QED) is 0.564. The Balaban J connectivity index is 3.42. The lowest BCUT2D eigenvalue weighted by atomic mass is 10.3. The van der Waals surface area contributed by atoms with Crippen molar-refractivity contribution in [1.29, 1.82) is 0 Å². The van der Waals surface area contributed by atoms with Crippen LogP contribution >= 0.6 is 23.2 Å². The van der Waals surface area contributed by atoms with Crippen molar-refractivity contribution in [2.45, 2.75) is 0 Å². The van der Waals surface area contributed by atoms with Crippen molar-refractivity contribution >= 4 is 35.0 Å². The van der Waals surface area contributed by atoms with E-state index in [1.54, 1.807) is 0 Å². The zero-order valence-corrected chi connectivity index (χ0v) is 7.23. The molecule has 0 saturated heterocycles. The van der Waals surface area contributed by atoms with Gasteiger partial charge in [0.1, 0.15) is 16.5 Å². The lowest BCUT2D eigenvalue weighted by molar-refractivity contribution is 0.476. The normalized spacial score (nSPS) is 9.17. The molecule has 0 unspecified atom stereocenters. The van der Waals surface area contributed by atoms with E-state index in [-0.39, 0.29) is 21.5 Å². The number of hydrogen-bond donors (Lipinski definition) is 1. The van der Waals surface area contributed by atoms with Crippen LogP contribution in [0.25, 0.3) is 0 Å². The summed E-state index contributed by atoms with van der Waals surface area (Å²) in [6.45, 7) is 0. The first-order chi connectivity index (χ1) is 5.66. The van der Waals surface area contributed by atoms with Gasteiger partial charge in [0, 0.05) is 0 Å². The molecule has 0 aromatic heterocycles. The Kier molecular flexibility index (Phi) is 2.71. The van der Waals surface area contributed by atoms with Gasteiger partial charge >= 0.3 is 0 Å². The molecule has 0 saturated carbocycles. The molecule has 1 N–H and O–H groups in total. The molecule has 0 aliphatic heterocycles. The second-order valence-electron chi connectivity index (χ2n) is 1.93. The van der Waals surface area contributed by atoms with E-state index in [1.807, 2.05) is 0 Å². The number of aliphatic imine (C=N–C) groups is 1. The summed E-state index contributed by atoms with van der Waals surface area (Å²) in [4.78, 5) is 13.1. The Morgan fingerprint density at radius 1 is 1.42 bits per heavy atom. The Morgan fingerprint density at radius 2 is 2.08 bits per heavy atom. The molecule has 0 radical (unpaired) electrons. The zero-order valence-electron chi connectivity index (χ0n) is 5.71. The maximum absolute atomic E-state index is 9.90. The van der Waals surface area contributed by atoms with E-state index in [9.17, 15) is 4.79 Å². The first kappa shape index (κ1) is 9.07. The summed E-state index contributed by atoms with van der Waals surface area (Å²) in [6, 6.07) is 2.70. The molecule has 0 spiro atoms. The van der Waals surface area contributed by atoms with Crippen molar-refractivity contribution in [2.24, 2.45) is 4.99 Å². The van der Waals surface area contributed by atoms with Crippen molar-refractivity contribution in [1.82, 2.24) is 0 Å². The van der Waals surface area contributed by atoms with Crippen molar-refractivity contribution in [2.75, 3.05) is 0 Å². The van der Waals surface area contributed by atoms with Gasteiger partial charge in [-0.05, 0) is 12.1 Å². The van der Waals surface area contributed by atoms with Gasteiger partial charge in [-0.2, -0.15) is 4.99 Å².